The van der Waals surface area contributed by atoms with Gasteiger partial charge >= 0.3 is 0 Å². The van der Waals surface area contributed by atoms with E-state index >= 15 is 0 Å². The highest BCUT2D eigenvalue weighted by molar-refractivity contribution is 6.00. The number of anilines is 1. The third kappa shape index (κ3) is 4.39. The molecule has 0 spiro atoms. The number of carbonyl (C=O) groups excluding carboxylic acids is 1. The molecule has 190 valence electrons. The lowest BCUT2D eigenvalue weighted by Crippen LogP contribution is -2.43. The molecule has 0 unspecified atom stereocenters. The molecule has 2 N–H and O–H groups in total. The molecule has 0 radical (unpaired) electrons. The number of halogens is 2. The average molecular weight is 506 g/mol. The molecular weight excluding hydrogens is 480 g/mol. The summed E-state index contributed by atoms with van der Waals surface area (Å²) in [7, 11) is 0. The van der Waals surface area contributed by atoms with E-state index in [1.807, 2.05) is 28.9 Å². The third-order valence-electron chi connectivity index (χ3n) is 6.77. The van der Waals surface area contributed by atoms with Gasteiger partial charge in [-0.3, -0.25) is 9.48 Å². The van der Waals surface area contributed by atoms with Crippen molar-refractivity contribution in [3.05, 3.63) is 65.1 Å². The van der Waals surface area contributed by atoms with E-state index in [4.69, 9.17) is 15.5 Å². The number of rotatable bonds is 5. The Balaban J connectivity index is 1.45. The van der Waals surface area contributed by atoms with Crippen LogP contribution in [0.25, 0.3) is 22.3 Å². The van der Waals surface area contributed by atoms with Gasteiger partial charge in [-0.05, 0) is 44.9 Å². The van der Waals surface area contributed by atoms with Crippen molar-refractivity contribution in [3.8, 4) is 11.3 Å². The Morgan fingerprint density at radius 2 is 1.95 bits per heavy atom. The summed E-state index contributed by atoms with van der Waals surface area (Å²) >= 11 is 0. The van der Waals surface area contributed by atoms with Gasteiger partial charge in [-0.2, -0.15) is 10.1 Å². The van der Waals surface area contributed by atoms with Crippen LogP contribution in [0.2, 0.25) is 0 Å². The molecule has 1 saturated heterocycles. The molecule has 6 rings (SSSR count). The maximum Gasteiger partial charge on any atom is 0.250 e. The van der Waals surface area contributed by atoms with Gasteiger partial charge in [0.2, 0.25) is 5.95 Å². The second-order valence-electron chi connectivity index (χ2n) is 9.68. The van der Waals surface area contributed by atoms with Gasteiger partial charge in [-0.1, -0.05) is 0 Å². The van der Waals surface area contributed by atoms with Gasteiger partial charge < -0.3 is 15.4 Å². The first-order chi connectivity index (χ1) is 17.8. The number of ether oxygens (including phenoxy) is 1. The molecule has 1 aliphatic carbocycles. The molecule has 4 heterocycles. The molecule has 1 saturated carbocycles. The third-order valence-corrected chi connectivity index (χ3v) is 6.77. The summed E-state index contributed by atoms with van der Waals surface area (Å²) < 4.78 is 36.8. The predicted molar refractivity (Wildman–Crippen MR) is 132 cm³/mol. The van der Waals surface area contributed by atoms with Crippen LogP contribution in [-0.2, 0) is 4.74 Å². The van der Waals surface area contributed by atoms with Crippen molar-refractivity contribution in [3.63, 3.8) is 0 Å². The molecule has 4 aromatic rings. The number of aromatic nitrogens is 5. The molecule has 9 nitrogen and oxygen atoms in total. The molecule has 37 heavy (non-hydrogen) atoms. The number of nitrogens with zero attached hydrogens (tertiary/aromatic N) is 6. The first-order valence-electron chi connectivity index (χ1n) is 12.2. The first-order valence-corrected chi connectivity index (χ1v) is 12.2. The van der Waals surface area contributed by atoms with Gasteiger partial charge in [-0.15, -0.1) is 0 Å². The minimum absolute atomic E-state index is 0.0692. The summed E-state index contributed by atoms with van der Waals surface area (Å²) in [4.78, 5) is 27.8. The number of fused-ring (bicyclic) bond motifs is 1. The summed E-state index contributed by atoms with van der Waals surface area (Å²) in [6.07, 6.45) is 5.72. The smallest absolute Gasteiger partial charge is 0.250 e. The van der Waals surface area contributed by atoms with Crippen LogP contribution in [0.4, 0.5) is 14.7 Å². The SMILES string of the molecule is Cc1nc2nc(N3C[C@@H](C)O[C@@H](c4cnn(C5CC5)c4)C3)nc(-c3ccc(F)cc3F)c2cc1C(N)=O. The van der Waals surface area contributed by atoms with E-state index in [0.717, 1.165) is 30.5 Å². The highest BCUT2D eigenvalue weighted by Crippen LogP contribution is 2.36. The zero-order chi connectivity index (χ0) is 25.8. The van der Waals surface area contributed by atoms with Gasteiger partial charge in [0.15, 0.2) is 5.65 Å². The van der Waals surface area contributed by atoms with Crippen LogP contribution in [0.1, 0.15) is 53.5 Å². The van der Waals surface area contributed by atoms with Crippen molar-refractivity contribution < 1.29 is 18.3 Å². The van der Waals surface area contributed by atoms with Crippen LogP contribution in [0, 0.1) is 18.6 Å². The predicted octanol–water partition coefficient (Wildman–Crippen LogP) is 3.88. The van der Waals surface area contributed by atoms with Crippen LogP contribution < -0.4 is 10.6 Å². The Hall–Kier alpha value is -3.99. The maximum absolute atomic E-state index is 14.9. The van der Waals surface area contributed by atoms with E-state index in [9.17, 15) is 13.6 Å². The molecule has 3 aromatic heterocycles. The second-order valence-corrected chi connectivity index (χ2v) is 9.68. The van der Waals surface area contributed by atoms with Crippen molar-refractivity contribution in [2.75, 3.05) is 18.0 Å². The fourth-order valence-corrected chi connectivity index (χ4v) is 4.77. The lowest BCUT2D eigenvalue weighted by atomic mass is 10.0. The molecule has 0 bridgehead atoms. The summed E-state index contributed by atoms with van der Waals surface area (Å²) in [5.41, 5.74) is 7.62. The number of morpholine rings is 1. The normalized spacial score (nSPS) is 19.9. The minimum Gasteiger partial charge on any atom is -0.367 e. The van der Waals surface area contributed by atoms with Gasteiger partial charge in [-0.25, -0.2) is 18.7 Å². The molecule has 2 atom stereocenters. The van der Waals surface area contributed by atoms with E-state index < -0.39 is 17.5 Å². The zero-order valence-electron chi connectivity index (χ0n) is 20.4. The van der Waals surface area contributed by atoms with E-state index in [0.29, 0.717) is 36.2 Å². The molecule has 1 amide bonds. The highest BCUT2D eigenvalue weighted by Gasteiger charge is 2.32. The number of benzene rings is 1. The number of amides is 1. The fraction of sp³-hybridized carbons (Fsp3) is 0.346. The Bertz CT molecular complexity index is 1540. The molecular formula is C26H25F2N7O2. The van der Waals surface area contributed by atoms with E-state index in [1.165, 1.54) is 12.1 Å². The molecule has 1 aliphatic heterocycles. The van der Waals surface area contributed by atoms with E-state index in [2.05, 4.69) is 15.1 Å². The van der Waals surface area contributed by atoms with Crippen molar-refractivity contribution in [1.82, 2.24) is 24.7 Å². The van der Waals surface area contributed by atoms with Crippen molar-refractivity contribution in [2.24, 2.45) is 5.73 Å². The monoisotopic (exact) mass is 505 g/mol. The Morgan fingerprint density at radius 1 is 1.14 bits per heavy atom. The van der Waals surface area contributed by atoms with E-state index in [-0.39, 0.29) is 34.7 Å². The maximum atomic E-state index is 14.9. The Kier molecular flexibility index (Phi) is 5.59. The molecule has 1 aromatic carbocycles. The van der Waals surface area contributed by atoms with Crippen molar-refractivity contribution in [1.29, 1.82) is 0 Å². The van der Waals surface area contributed by atoms with Gasteiger partial charge in [0.05, 0.1) is 41.8 Å². The second kappa shape index (κ2) is 8.84. The number of nitrogens with two attached hydrogens (primary N) is 1. The van der Waals surface area contributed by atoms with Gasteiger partial charge in [0.1, 0.15) is 17.7 Å². The van der Waals surface area contributed by atoms with Crippen molar-refractivity contribution in [2.45, 2.75) is 44.9 Å². The number of carbonyl (C=O) groups is 1. The van der Waals surface area contributed by atoms with Gasteiger partial charge in [0, 0.05) is 35.3 Å². The van der Waals surface area contributed by atoms with E-state index in [1.54, 1.807) is 6.92 Å². The van der Waals surface area contributed by atoms with Crippen LogP contribution in [-0.4, -0.2) is 49.8 Å². The topological polar surface area (TPSA) is 112 Å². The number of hydrogen-bond acceptors (Lipinski definition) is 7. The van der Waals surface area contributed by atoms with Crippen LogP contribution in [0.3, 0.4) is 0 Å². The largest absolute Gasteiger partial charge is 0.367 e. The standard InChI is InChI=1S/C26H25F2N7O2/c1-13-10-34(12-22(37-13)15-9-30-35(11-15)17-4-5-17)26-32-23(18-6-3-16(27)7-21(18)28)20-8-19(24(29)36)14(2)31-25(20)33-26/h3,6-9,11,13,17,22H,4-5,10,12H2,1-2H3,(H2,29,36)/t13-,22-/m1/s1. The van der Waals surface area contributed by atoms with Crippen LogP contribution >= 0.6 is 0 Å². The van der Waals surface area contributed by atoms with Crippen LogP contribution in [0.5, 0.6) is 0 Å². The number of primary amides is 1. The summed E-state index contributed by atoms with van der Waals surface area (Å²) in [6.45, 7) is 4.58. The zero-order valence-corrected chi connectivity index (χ0v) is 20.4. The summed E-state index contributed by atoms with van der Waals surface area (Å²) in [5, 5.41) is 4.83. The fourth-order valence-electron chi connectivity index (χ4n) is 4.77. The number of pyridine rings is 1. The average Bonchev–Trinajstić information content (AvgIpc) is 3.58. The summed E-state index contributed by atoms with van der Waals surface area (Å²) in [5.74, 6) is -1.83. The lowest BCUT2D eigenvalue weighted by Gasteiger charge is -2.36. The van der Waals surface area contributed by atoms with Gasteiger partial charge in [0.25, 0.3) is 5.91 Å². The lowest BCUT2D eigenvalue weighted by molar-refractivity contribution is -0.0178. The van der Waals surface area contributed by atoms with Crippen LogP contribution in [0.15, 0.2) is 36.7 Å². The Morgan fingerprint density at radius 3 is 2.68 bits per heavy atom. The summed E-state index contributed by atoms with van der Waals surface area (Å²) in [6, 6.07) is 5.25. The van der Waals surface area contributed by atoms with Crippen molar-refractivity contribution >= 4 is 22.9 Å². The minimum atomic E-state index is -0.784. The molecule has 2 aliphatic rings. The quantitative estimate of drug-likeness (QED) is 0.438. The molecule has 11 heteroatoms. The Labute approximate surface area is 211 Å². The molecule has 2 fully saturated rings. The first kappa shape index (κ1) is 23.4. The number of aryl methyl sites for hydroxylation is 1. The highest BCUT2D eigenvalue weighted by atomic mass is 19.1. The number of hydrogen-bond donors (Lipinski definition) is 1.